The van der Waals surface area contributed by atoms with Gasteiger partial charge in [-0.2, -0.15) is 0 Å². The zero-order valence-corrected chi connectivity index (χ0v) is 11.7. The van der Waals surface area contributed by atoms with Crippen LogP contribution in [0, 0.1) is 5.92 Å². The number of aryl methyl sites for hydroxylation is 1. The van der Waals surface area contributed by atoms with Crippen molar-refractivity contribution in [3.8, 4) is 0 Å². The summed E-state index contributed by atoms with van der Waals surface area (Å²) in [6.07, 6.45) is 2.26. The van der Waals surface area contributed by atoms with E-state index >= 15 is 0 Å². The molecule has 1 aliphatic heterocycles. The standard InChI is InChI=1S/C13H16BrN3O/c14-10-1-2-11-12(7-10)17(13(15)16-11)5-3-9-4-6-18-8-9/h1-2,7,9H,3-6,8H2,(H2,15,16). The number of ether oxygens (including phenoxy) is 1. The number of benzene rings is 1. The second-order valence-corrected chi connectivity index (χ2v) is 5.69. The normalized spacial score (nSPS) is 19.7. The summed E-state index contributed by atoms with van der Waals surface area (Å²) in [5, 5.41) is 0. The highest BCUT2D eigenvalue weighted by atomic mass is 79.9. The number of hydrogen-bond donors (Lipinski definition) is 1. The summed E-state index contributed by atoms with van der Waals surface area (Å²) < 4.78 is 8.55. The lowest BCUT2D eigenvalue weighted by Gasteiger charge is -2.10. The maximum absolute atomic E-state index is 5.99. The Balaban J connectivity index is 1.85. The molecule has 18 heavy (non-hydrogen) atoms. The Morgan fingerprint density at radius 2 is 2.39 bits per heavy atom. The number of fused-ring (bicyclic) bond motifs is 1. The molecule has 5 heteroatoms. The van der Waals surface area contributed by atoms with Crippen molar-refractivity contribution < 1.29 is 4.74 Å². The van der Waals surface area contributed by atoms with E-state index in [0.717, 1.165) is 48.1 Å². The molecule has 0 radical (unpaired) electrons. The molecule has 1 saturated heterocycles. The third kappa shape index (κ3) is 2.24. The SMILES string of the molecule is Nc1nc2ccc(Br)cc2n1CCC1CCOC1. The van der Waals surface area contributed by atoms with Crippen LogP contribution in [0.1, 0.15) is 12.8 Å². The minimum Gasteiger partial charge on any atom is -0.381 e. The first-order valence-electron chi connectivity index (χ1n) is 6.23. The summed E-state index contributed by atoms with van der Waals surface area (Å²) in [4.78, 5) is 4.39. The van der Waals surface area contributed by atoms with Crippen molar-refractivity contribution in [3.63, 3.8) is 0 Å². The van der Waals surface area contributed by atoms with Crippen molar-refractivity contribution in [1.82, 2.24) is 9.55 Å². The van der Waals surface area contributed by atoms with Gasteiger partial charge in [-0.1, -0.05) is 15.9 Å². The number of aromatic nitrogens is 2. The molecule has 1 unspecified atom stereocenters. The van der Waals surface area contributed by atoms with Gasteiger partial charge in [0.25, 0.3) is 0 Å². The Kier molecular flexibility index (Phi) is 3.26. The Labute approximate surface area is 114 Å². The van der Waals surface area contributed by atoms with Crippen LogP contribution in [-0.2, 0) is 11.3 Å². The topological polar surface area (TPSA) is 53.1 Å². The number of hydrogen-bond acceptors (Lipinski definition) is 3. The van der Waals surface area contributed by atoms with Gasteiger partial charge in [0.05, 0.1) is 11.0 Å². The van der Waals surface area contributed by atoms with Crippen LogP contribution in [0.2, 0.25) is 0 Å². The van der Waals surface area contributed by atoms with Crippen LogP contribution in [0.4, 0.5) is 5.95 Å². The zero-order valence-electron chi connectivity index (χ0n) is 10.1. The molecule has 2 aromatic rings. The quantitative estimate of drug-likeness (QED) is 0.948. The van der Waals surface area contributed by atoms with Gasteiger partial charge in [0.15, 0.2) is 0 Å². The van der Waals surface area contributed by atoms with Crippen LogP contribution >= 0.6 is 15.9 Å². The number of anilines is 1. The lowest BCUT2D eigenvalue weighted by Crippen LogP contribution is -2.08. The Morgan fingerprint density at radius 3 is 3.17 bits per heavy atom. The molecule has 0 amide bonds. The number of nitrogen functional groups attached to an aromatic ring is 1. The fourth-order valence-corrected chi connectivity index (χ4v) is 2.82. The molecule has 96 valence electrons. The van der Waals surface area contributed by atoms with Gasteiger partial charge in [-0.05, 0) is 37.0 Å². The first kappa shape index (κ1) is 12.0. The molecule has 1 aliphatic rings. The molecule has 1 aromatic heterocycles. The molecule has 0 spiro atoms. The molecule has 0 bridgehead atoms. The molecule has 2 heterocycles. The van der Waals surface area contributed by atoms with Gasteiger partial charge in [-0.3, -0.25) is 0 Å². The van der Waals surface area contributed by atoms with E-state index < -0.39 is 0 Å². The number of nitrogens with zero attached hydrogens (tertiary/aromatic N) is 2. The zero-order chi connectivity index (χ0) is 12.5. The summed E-state index contributed by atoms with van der Waals surface area (Å²) >= 11 is 3.49. The van der Waals surface area contributed by atoms with Crippen molar-refractivity contribution in [1.29, 1.82) is 0 Å². The molecule has 0 aliphatic carbocycles. The van der Waals surface area contributed by atoms with E-state index in [4.69, 9.17) is 10.5 Å². The van der Waals surface area contributed by atoms with Crippen molar-refractivity contribution in [3.05, 3.63) is 22.7 Å². The fourth-order valence-electron chi connectivity index (χ4n) is 2.47. The third-order valence-electron chi connectivity index (χ3n) is 3.52. The van der Waals surface area contributed by atoms with Gasteiger partial charge in [0.2, 0.25) is 5.95 Å². The summed E-state index contributed by atoms with van der Waals surface area (Å²) in [6.45, 7) is 2.69. The first-order chi connectivity index (χ1) is 8.74. The van der Waals surface area contributed by atoms with Crippen molar-refractivity contribution in [2.45, 2.75) is 19.4 Å². The lowest BCUT2D eigenvalue weighted by molar-refractivity contribution is 0.183. The summed E-state index contributed by atoms with van der Waals surface area (Å²) in [5.74, 6) is 1.26. The monoisotopic (exact) mass is 309 g/mol. The number of rotatable bonds is 3. The highest BCUT2D eigenvalue weighted by Gasteiger charge is 2.16. The maximum atomic E-state index is 5.99. The number of halogens is 1. The van der Waals surface area contributed by atoms with E-state index in [2.05, 4.69) is 31.5 Å². The van der Waals surface area contributed by atoms with Gasteiger partial charge in [-0.15, -0.1) is 0 Å². The predicted molar refractivity (Wildman–Crippen MR) is 75.4 cm³/mol. The minimum atomic E-state index is 0.599. The van der Waals surface area contributed by atoms with Gasteiger partial charge in [0.1, 0.15) is 0 Å². The van der Waals surface area contributed by atoms with Crippen molar-refractivity contribution in [2.24, 2.45) is 5.92 Å². The average Bonchev–Trinajstić information content (AvgIpc) is 2.94. The Bertz CT molecular complexity index is 561. The van der Waals surface area contributed by atoms with Gasteiger partial charge in [0, 0.05) is 24.2 Å². The van der Waals surface area contributed by atoms with Crippen LogP contribution in [0.25, 0.3) is 11.0 Å². The second-order valence-electron chi connectivity index (χ2n) is 4.77. The van der Waals surface area contributed by atoms with E-state index in [9.17, 15) is 0 Å². The van der Waals surface area contributed by atoms with Gasteiger partial charge in [-0.25, -0.2) is 4.98 Å². The van der Waals surface area contributed by atoms with E-state index in [-0.39, 0.29) is 0 Å². The summed E-state index contributed by atoms with van der Waals surface area (Å²) in [7, 11) is 0. The maximum Gasteiger partial charge on any atom is 0.201 e. The molecule has 4 nitrogen and oxygen atoms in total. The fraction of sp³-hybridized carbons (Fsp3) is 0.462. The van der Waals surface area contributed by atoms with Crippen molar-refractivity contribution in [2.75, 3.05) is 18.9 Å². The smallest absolute Gasteiger partial charge is 0.201 e. The largest absolute Gasteiger partial charge is 0.381 e. The third-order valence-corrected chi connectivity index (χ3v) is 4.02. The molecule has 1 atom stereocenters. The first-order valence-corrected chi connectivity index (χ1v) is 7.02. The summed E-state index contributed by atoms with van der Waals surface area (Å²) in [6, 6.07) is 6.05. The van der Waals surface area contributed by atoms with E-state index in [1.807, 2.05) is 12.1 Å². The molecule has 1 fully saturated rings. The molecule has 2 N–H and O–H groups in total. The summed E-state index contributed by atoms with van der Waals surface area (Å²) in [5.41, 5.74) is 8.05. The lowest BCUT2D eigenvalue weighted by atomic mass is 10.1. The predicted octanol–water partition coefficient (Wildman–Crippen LogP) is 2.81. The second kappa shape index (κ2) is 4.90. The van der Waals surface area contributed by atoms with E-state index in [0.29, 0.717) is 11.9 Å². The van der Waals surface area contributed by atoms with Crippen molar-refractivity contribution >= 4 is 32.9 Å². The van der Waals surface area contributed by atoms with Gasteiger partial charge < -0.3 is 15.0 Å². The van der Waals surface area contributed by atoms with Crippen LogP contribution in [0.15, 0.2) is 22.7 Å². The molecular weight excluding hydrogens is 294 g/mol. The average molecular weight is 310 g/mol. The number of nitrogens with two attached hydrogens (primary N) is 1. The Hall–Kier alpha value is -1.07. The molecule has 0 saturated carbocycles. The number of imidazole rings is 1. The highest BCUT2D eigenvalue weighted by molar-refractivity contribution is 9.10. The van der Waals surface area contributed by atoms with Crippen LogP contribution in [-0.4, -0.2) is 22.8 Å². The molecule has 3 rings (SSSR count). The minimum absolute atomic E-state index is 0.599. The van der Waals surface area contributed by atoms with Gasteiger partial charge >= 0.3 is 0 Å². The molecular formula is C13H16BrN3O. The van der Waals surface area contributed by atoms with E-state index in [1.165, 1.54) is 0 Å². The van der Waals surface area contributed by atoms with Crippen LogP contribution < -0.4 is 5.73 Å². The van der Waals surface area contributed by atoms with E-state index in [1.54, 1.807) is 0 Å². The Morgan fingerprint density at radius 1 is 1.50 bits per heavy atom. The van der Waals surface area contributed by atoms with Crippen LogP contribution in [0.5, 0.6) is 0 Å². The van der Waals surface area contributed by atoms with Crippen LogP contribution in [0.3, 0.4) is 0 Å². The highest BCUT2D eigenvalue weighted by Crippen LogP contribution is 2.24. The molecule has 1 aromatic carbocycles.